The summed E-state index contributed by atoms with van der Waals surface area (Å²) in [6.45, 7) is 0.395. The van der Waals surface area contributed by atoms with Gasteiger partial charge in [0.25, 0.3) is 0 Å². The van der Waals surface area contributed by atoms with Crippen molar-refractivity contribution in [2.75, 3.05) is 10.7 Å². The predicted octanol–water partition coefficient (Wildman–Crippen LogP) is 4.00. The van der Waals surface area contributed by atoms with Crippen molar-refractivity contribution in [2.24, 2.45) is 11.5 Å². The van der Waals surface area contributed by atoms with Crippen LogP contribution in [0.5, 0.6) is 5.75 Å². The normalized spacial score (nSPS) is 17.3. The third-order valence-electron chi connectivity index (χ3n) is 6.28. The number of primary amides is 1. The van der Waals surface area contributed by atoms with E-state index in [9.17, 15) is 14.9 Å². The van der Waals surface area contributed by atoms with Crippen molar-refractivity contribution < 1.29 is 14.3 Å². The van der Waals surface area contributed by atoms with Gasteiger partial charge in [-0.1, -0.05) is 65.6 Å². The van der Waals surface area contributed by atoms with Crippen molar-refractivity contribution in [2.45, 2.75) is 36.1 Å². The lowest BCUT2D eigenvalue weighted by Crippen LogP contribution is -2.38. The van der Waals surface area contributed by atoms with Gasteiger partial charge in [0.2, 0.25) is 11.0 Å². The number of amides is 1. The number of carbonyl (C=O) groups excluding carboxylic acids is 2. The van der Waals surface area contributed by atoms with Crippen LogP contribution in [0.2, 0.25) is 0 Å². The van der Waals surface area contributed by atoms with Gasteiger partial charge < -0.3 is 16.2 Å². The Hall–Kier alpha value is -4.14. The standard InChI is InChI=1S/C27H24N6O3S2/c28-13-19-23(17-8-4-9-18(12-17)36-14-16-6-2-1-3-7-16)24-20(10-5-11-21(24)34)33(25(19)30)26-31-32-27(38-26)37-15-22(29)35/h1-4,6-9,12,23H,5,10-11,14-15,30H2,(H2,29,35). The Morgan fingerprint density at radius 1 is 1.18 bits per heavy atom. The zero-order valence-electron chi connectivity index (χ0n) is 20.3. The molecule has 2 heterocycles. The summed E-state index contributed by atoms with van der Waals surface area (Å²) in [7, 11) is 0. The van der Waals surface area contributed by atoms with Crippen LogP contribution in [0.4, 0.5) is 5.13 Å². The monoisotopic (exact) mass is 544 g/mol. The van der Waals surface area contributed by atoms with Gasteiger partial charge in [-0.2, -0.15) is 5.26 Å². The van der Waals surface area contributed by atoms with Gasteiger partial charge in [-0.15, -0.1) is 10.2 Å². The molecule has 0 spiro atoms. The van der Waals surface area contributed by atoms with Crippen LogP contribution in [0.15, 0.2) is 81.6 Å². The Bertz CT molecular complexity index is 1490. The number of hydrogen-bond donors (Lipinski definition) is 2. The van der Waals surface area contributed by atoms with E-state index < -0.39 is 11.8 Å². The molecule has 5 rings (SSSR count). The van der Waals surface area contributed by atoms with E-state index >= 15 is 0 Å². The molecule has 1 aliphatic heterocycles. The minimum absolute atomic E-state index is 0.0232. The fraction of sp³-hybridized carbons (Fsp3) is 0.222. The maximum absolute atomic E-state index is 13.4. The second kappa shape index (κ2) is 11.1. The van der Waals surface area contributed by atoms with Crippen LogP contribution in [0, 0.1) is 11.3 Å². The SMILES string of the molecule is N#CC1=C(N)N(c2nnc(SCC(N)=O)s2)C2=C(C(=O)CCC2)C1c1cccc(OCc2ccccc2)c1. The van der Waals surface area contributed by atoms with Gasteiger partial charge in [0, 0.05) is 17.7 Å². The Kier molecular flexibility index (Phi) is 7.44. The van der Waals surface area contributed by atoms with Gasteiger partial charge in [-0.3, -0.25) is 14.5 Å². The first kappa shape index (κ1) is 25.5. The summed E-state index contributed by atoms with van der Waals surface area (Å²) in [5.41, 5.74) is 15.2. The molecule has 1 aliphatic carbocycles. The second-order valence-corrected chi connectivity index (χ2v) is 10.9. The molecule has 192 valence electrons. The van der Waals surface area contributed by atoms with Crippen LogP contribution >= 0.6 is 23.1 Å². The summed E-state index contributed by atoms with van der Waals surface area (Å²) in [4.78, 5) is 26.2. The van der Waals surface area contributed by atoms with Crippen molar-refractivity contribution >= 4 is 39.9 Å². The molecule has 0 saturated carbocycles. The Morgan fingerprint density at radius 2 is 2.00 bits per heavy atom. The summed E-state index contributed by atoms with van der Waals surface area (Å²) in [6.07, 6.45) is 1.66. The molecule has 1 aromatic heterocycles. The van der Waals surface area contributed by atoms with Gasteiger partial charge in [0.1, 0.15) is 18.2 Å². The molecule has 0 radical (unpaired) electrons. The molecule has 38 heavy (non-hydrogen) atoms. The minimum Gasteiger partial charge on any atom is -0.489 e. The lowest BCUT2D eigenvalue weighted by atomic mass is 9.76. The van der Waals surface area contributed by atoms with Crippen molar-refractivity contribution in [3.63, 3.8) is 0 Å². The molecule has 4 N–H and O–H groups in total. The minimum atomic E-state index is -0.615. The van der Waals surface area contributed by atoms with E-state index in [4.69, 9.17) is 16.2 Å². The zero-order chi connectivity index (χ0) is 26.6. The van der Waals surface area contributed by atoms with Crippen LogP contribution < -0.4 is 21.1 Å². The first-order valence-electron chi connectivity index (χ1n) is 11.9. The largest absolute Gasteiger partial charge is 0.489 e. The number of carbonyl (C=O) groups is 2. The molecule has 11 heteroatoms. The number of ketones is 1. The number of aromatic nitrogens is 2. The van der Waals surface area contributed by atoms with E-state index in [1.165, 1.54) is 23.1 Å². The molecule has 1 unspecified atom stereocenters. The molecule has 1 amide bonds. The van der Waals surface area contributed by atoms with Gasteiger partial charge in [0.15, 0.2) is 10.1 Å². The molecule has 9 nitrogen and oxygen atoms in total. The highest BCUT2D eigenvalue weighted by atomic mass is 32.2. The van der Waals surface area contributed by atoms with Crippen molar-refractivity contribution in [1.82, 2.24) is 10.2 Å². The smallest absolute Gasteiger partial charge is 0.227 e. The van der Waals surface area contributed by atoms with E-state index in [-0.39, 0.29) is 22.9 Å². The van der Waals surface area contributed by atoms with E-state index in [0.717, 1.165) is 16.8 Å². The second-order valence-electron chi connectivity index (χ2n) is 8.77. The number of allylic oxidation sites excluding steroid dienone is 3. The number of hydrogen-bond acceptors (Lipinski definition) is 10. The van der Waals surface area contributed by atoms with E-state index in [1.807, 2.05) is 54.6 Å². The van der Waals surface area contributed by atoms with Crippen LogP contribution in [0.25, 0.3) is 0 Å². The first-order chi connectivity index (χ1) is 18.5. The molecule has 0 saturated heterocycles. The highest BCUT2D eigenvalue weighted by Gasteiger charge is 2.41. The summed E-state index contributed by atoms with van der Waals surface area (Å²) in [5, 5.41) is 19.1. The highest BCUT2D eigenvalue weighted by molar-refractivity contribution is 8.01. The van der Waals surface area contributed by atoms with Gasteiger partial charge in [-0.25, -0.2) is 0 Å². The topological polar surface area (TPSA) is 148 Å². The molecule has 0 bridgehead atoms. The summed E-state index contributed by atoms with van der Waals surface area (Å²) >= 11 is 2.41. The molecular formula is C27H24N6O3S2. The fourth-order valence-electron chi connectivity index (χ4n) is 4.65. The Morgan fingerprint density at radius 3 is 2.76 bits per heavy atom. The Labute approximate surface area is 227 Å². The number of nitrogens with two attached hydrogens (primary N) is 2. The average Bonchev–Trinajstić information content (AvgIpc) is 3.39. The number of nitriles is 1. The number of thioether (sulfide) groups is 1. The first-order valence-corrected chi connectivity index (χ1v) is 13.7. The molecule has 3 aromatic rings. The van der Waals surface area contributed by atoms with Crippen LogP contribution in [0.3, 0.4) is 0 Å². The number of nitrogens with zero attached hydrogens (tertiary/aromatic N) is 4. The number of Topliss-reactive ketones (excluding diaryl/α,β-unsaturated/α-hetero) is 1. The van der Waals surface area contributed by atoms with Gasteiger partial charge >= 0.3 is 0 Å². The maximum atomic E-state index is 13.4. The van der Waals surface area contributed by atoms with E-state index in [1.54, 1.807) is 4.90 Å². The number of rotatable bonds is 8. The predicted molar refractivity (Wildman–Crippen MR) is 145 cm³/mol. The van der Waals surface area contributed by atoms with E-state index in [2.05, 4.69) is 16.3 Å². The molecular weight excluding hydrogens is 520 g/mol. The number of benzene rings is 2. The van der Waals surface area contributed by atoms with Crippen molar-refractivity contribution in [3.8, 4) is 11.8 Å². The third-order valence-corrected chi connectivity index (χ3v) is 8.34. The van der Waals surface area contributed by atoms with Gasteiger partial charge in [-0.05, 0) is 36.1 Å². The van der Waals surface area contributed by atoms with Gasteiger partial charge in [0.05, 0.1) is 23.3 Å². The van der Waals surface area contributed by atoms with Crippen LogP contribution in [-0.2, 0) is 16.2 Å². The number of anilines is 1. The quantitative estimate of drug-likeness (QED) is 0.401. The lowest BCUT2D eigenvalue weighted by Gasteiger charge is -2.38. The maximum Gasteiger partial charge on any atom is 0.227 e. The van der Waals surface area contributed by atoms with Crippen molar-refractivity contribution in [1.29, 1.82) is 5.26 Å². The average molecular weight is 545 g/mol. The fourth-order valence-corrected chi connectivity index (χ4v) is 6.27. The third kappa shape index (κ3) is 5.14. The number of ether oxygens (including phenoxy) is 1. The molecule has 0 fully saturated rings. The van der Waals surface area contributed by atoms with Crippen LogP contribution in [0.1, 0.15) is 36.3 Å². The zero-order valence-corrected chi connectivity index (χ0v) is 21.9. The van der Waals surface area contributed by atoms with Crippen LogP contribution in [-0.4, -0.2) is 27.6 Å². The highest BCUT2D eigenvalue weighted by Crippen LogP contribution is 2.47. The molecule has 2 aliphatic rings. The lowest BCUT2D eigenvalue weighted by molar-refractivity contribution is -0.116. The molecule has 1 atom stereocenters. The summed E-state index contributed by atoms with van der Waals surface area (Å²) < 4.78 is 6.56. The van der Waals surface area contributed by atoms with Crippen molar-refractivity contribution in [3.05, 3.63) is 88.4 Å². The van der Waals surface area contributed by atoms with E-state index in [0.29, 0.717) is 46.7 Å². The summed E-state index contributed by atoms with van der Waals surface area (Å²) in [6, 6.07) is 19.5. The Balaban J connectivity index is 1.52. The summed E-state index contributed by atoms with van der Waals surface area (Å²) in [5.74, 6) is -0.183. The molecule has 2 aromatic carbocycles.